The third kappa shape index (κ3) is 3.75. The molecule has 2 saturated carbocycles. The van der Waals surface area contributed by atoms with Gasteiger partial charge in [-0.15, -0.1) is 0 Å². The van der Waals surface area contributed by atoms with Gasteiger partial charge in [-0.05, 0) is 31.6 Å². The maximum Gasteiger partial charge on any atom is 0.0244 e. The van der Waals surface area contributed by atoms with Crippen molar-refractivity contribution in [1.82, 2.24) is 15.1 Å². The van der Waals surface area contributed by atoms with Crippen molar-refractivity contribution in [2.75, 3.05) is 32.7 Å². The van der Waals surface area contributed by atoms with Crippen LogP contribution in [-0.2, 0) is 0 Å². The van der Waals surface area contributed by atoms with E-state index in [9.17, 15) is 0 Å². The molecule has 3 fully saturated rings. The molecule has 0 bridgehead atoms. The summed E-state index contributed by atoms with van der Waals surface area (Å²) in [7, 11) is 0. The molecule has 1 aliphatic heterocycles. The van der Waals surface area contributed by atoms with Crippen LogP contribution in [-0.4, -0.2) is 60.6 Å². The molecule has 0 aromatic rings. The van der Waals surface area contributed by atoms with E-state index >= 15 is 0 Å². The van der Waals surface area contributed by atoms with E-state index in [-0.39, 0.29) is 0 Å². The first-order valence-corrected chi connectivity index (χ1v) is 8.95. The fourth-order valence-corrected chi connectivity index (χ4v) is 4.06. The topological polar surface area (TPSA) is 18.5 Å². The van der Waals surface area contributed by atoms with Crippen LogP contribution in [0.15, 0.2) is 0 Å². The molecule has 1 unspecified atom stereocenters. The van der Waals surface area contributed by atoms with Gasteiger partial charge < -0.3 is 5.32 Å². The lowest BCUT2D eigenvalue weighted by Crippen LogP contribution is -2.56. The largest absolute Gasteiger partial charge is 0.312 e. The summed E-state index contributed by atoms with van der Waals surface area (Å²) in [4.78, 5) is 5.53. The third-order valence-electron chi connectivity index (χ3n) is 5.62. The number of rotatable bonds is 6. The lowest BCUT2D eigenvalue weighted by Gasteiger charge is -2.43. The summed E-state index contributed by atoms with van der Waals surface area (Å²) in [5, 5.41) is 3.75. The Morgan fingerprint density at radius 3 is 2.15 bits per heavy atom. The normalized spacial score (nSPS) is 28.4. The first-order valence-electron chi connectivity index (χ1n) is 8.95. The molecule has 20 heavy (non-hydrogen) atoms. The highest BCUT2D eigenvalue weighted by Gasteiger charge is 2.31. The van der Waals surface area contributed by atoms with Gasteiger partial charge in [0.05, 0.1) is 0 Å². The Bertz CT molecular complexity index is 287. The lowest BCUT2D eigenvalue weighted by atomic mass is 10.0. The highest BCUT2D eigenvalue weighted by Crippen LogP contribution is 2.25. The van der Waals surface area contributed by atoms with E-state index in [1.54, 1.807) is 0 Å². The first-order chi connectivity index (χ1) is 9.74. The molecule has 1 saturated heterocycles. The van der Waals surface area contributed by atoms with Gasteiger partial charge in [0.25, 0.3) is 0 Å². The van der Waals surface area contributed by atoms with Crippen molar-refractivity contribution in [2.45, 2.75) is 70.5 Å². The van der Waals surface area contributed by atoms with Gasteiger partial charge in [0.1, 0.15) is 0 Å². The average Bonchev–Trinajstić information content (AvgIpc) is 3.11. The van der Waals surface area contributed by atoms with Crippen LogP contribution >= 0.6 is 0 Å². The van der Waals surface area contributed by atoms with Crippen molar-refractivity contribution in [3.05, 3.63) is 0 Å². The molecular formula is C17H33N3. The minimum Gasteiger partial charge on any atom is -0.312 e. The summed E-state index contributed by atoms with van der Waals surface area (Å²) in [6.45, 7) is 11.2. The van der Waals surface area contributed by atoms with Gasteiger partial charge in [0.2, 0.25) is 0 Å². The summed E-state index contributed by atoms with van der Waals surface area (Å²) in [6, 6.07) is 2.50. The van der Waals surface area contributed by atoms with E-state index in [4.69, 9.17) is 0 Å². The van der Waals surface area contributed by atoms with Gasteiger partial charge in [-0.1, -0.05) is 26.7 Å². The minimum atomic E-state index is 0.737. The monoisotopic (exact) mass is 279 g/mol. The second-order valence-electron chi connectivity index (χ2n) is 7.50. The molecule has 3 nitrogen and oxygen atoms in total. The Hall–Kier alpha value is -0.120. The molecule has 0 aromatic carbocycles. The van der Waals surface area contributed by atoms with Gasteiger partial charge in [-0.25, -0.2) is 0 Å². The van der Waals surface area contributed by atoms with Gasteiger partial charge >= 0.3 is 0 Å². The van der Waals surface area contributed by atoms with Crippen LogP contribution in [0.3, 0.4) is 0 Å². The third-order valence-corrected chi connectivity index (χ3v) is 5.62. The Labute approximate surface area is 125 Å². The first kappa shape index (κ1) is 14.8. The highest BCUT2D eigenvalue weighted by atomic mass is 15.3. The predicted octanol–water partition coefficient (Wildman–Crippen LogP) is 2.32. The molecule has 0 amide bonds. The molecule has 3 rings (SSSR count). The van der Waals surface area contributed by atoms with Crippen molar-refractivity contribution in [3.63, 3.8) is 0 Å². The molecule has 1 N–H and O–H groups in total. The maximum atomic E-state index is 3.75. The van der Waals surface area contributed by atoms with Crippen molar-refractivity contribution in [2.24, 2.45) is 5.92 Å². The Balaban J connectivity index is 1.46. The molecule has 2 aliphatic carbocycles. The highest BCUT2D eigenvalue weighted by molar-refractivity contribution is 4.88. The maximum absolute atomic E-state index is 3.75. The zero-order valence-corrected chi connectivity index (χ0v) is 13.5. The van der Waals surface area contributed by atoms with E-state index in [1.807, 2.05) is 0 Å². The van der Waals surface area contributed by atoms with E-state index < -0.39 is 0 Å². The zero-order chi connectivity index (χ0) is 13.9. The van der Waals surface area contributed by atoms with Gasteiger partial charge in [0.15, 0.2) is 0 Å². The Morgan fingerprint density at radius 1 is 0.950 bits per heavy atom. The van der Waals surface area contributed by atoms with Gasteiger partial charge in [-0.3, -0.25) is 9.80 Å². The van der Waals surface area contributed by atoms with Crippen LogP contribution in [0.25, 0.3) is 0 Å². The molecule has 3 aliphatic rings. The van der Waals surface area contributed by atoms with Crippen molar-refractivity contribution in [1.29, 1.82) is 0 Å². The number of nitrogens with one attached hydrogen (secondary N) is 1. The molecule has 0 spiro atoms. The van der Waals surface area contributed by atoms with Crippen LogP contribution in [0.2, 0.25) is 0 Å². The van der Waals surface area contributed by atoms with Crippen LogP contribution in [0.5, 0.6) is 0 Å². The fourth-order valence-electron chi connectivity index (χ4n) is 4.06. The molecule has 1 atom stereocenters. The second-order valence-corrected chi connectivity index (χ2v) is 7.50. The van der Waals surface area contributed by atoms with Crippen molar-refractivity contribution < 1.29 is 0 Å². The number of hydrogen-bond donors (Lipinski definition) is 1. The minimum absolute atomic E-state index is 0.737. The molecule has 0 aromatic heterocycles. The van der Waals surface area contributed by atoms with Crippen LogP contribution in [0, 0.1) is 5.92 Å². The van der Waals surface area contributed by atoms with E-state index in [0.29, 0.717) is 0 Å². The summed E-state index contributed by atoms with van der Waals surface area (Å²) < 4.78 is 0. The zero-order valence-electron chi connectivity index (χ0n) is 13.5. The lowest BCUT2D eigenvalue weighted by molar-refractivity contribution is 0.0551. The second kappa shape index (κ2) is 6.76. The number of piperazine rings is 1. The number of hydrogen-bond acceptors (Lipinski definition) is 3. The van der Waals surface area contributed by atoms with Gasteiger partial charge in [-0.2, -0.15) is 0 Å². The average molecular weight is 279 g/mol. The molecule has 1 heterocycles. The smallest absolute Gasteiger partial charge is 0.0244 e. The van der Waals surface area contributed by atoms with Crippen molar-refractivity contribution >= 4 is 0 Å². The quantitative estimate of drug-likeness (QED) is 0.805. The standard InChI is InChI=1S/C17H33N3/c1-14(2)17(13-18-15-7-8-15)20-11-9-19(10-12-20)16-5-3-4-6-16/h14-18H,3-13H2,1-2H3. The van der Waals surface area contributed by atoms with Crippen molar-refractivity contribution in [3.8, 4) is 0 Å². The fraction of sp³-hybridized carbons (Fsp3) is 1.00. The summed E-state index contributed by atoms with van der Waals surface area (Å²) in [5.74, 6) is 0.763. The molecule has 0 radical (unpaired) electrons. The summed E-state index contributed by atoms with van der Waals surface area (Å²) >= 11 is 0. The Morgan fingerprint density at radius 2 is 1.60 bits per heavy atom. The van der Waals surface area contributed by atoms with Gasteiger partial charge in [0, 0.05) is 50.8 Å². The summed E-state index contributed by atoms with van der Waals surface area (Å²) in [6.07, 6.45) is 8.64. The van der Waals surface area contributed by atoms with E-state index in [1.165, 1.54) is 71.2 Å². The van der Waals surface area contributed by atoms with Crippen LogP contribution < -0.4 is 5.32 Å². The molecular weight excluding hydrogens is 246 g/mol. The summed E-state index contributed by atoms with van der Waals surface area (Å²) in [5.41, 5.74) is 0. The molecule has 116 valence electrons. The number of nitrogens with zero attached hydrogens (tertiary/aromatic N) is 2. The van der Waals surface area contributed by atoms with E-state index in [0.717, 1.165) is 24.0 Å². The SMILES string of the molecule is CC(C)C(CNC1CC1)N1CCN(C2CCCC2)CC1. The predicted molar refractivity (Wildman–Crippen MR) is 85.1 cm³/mol. The Kier molecular flexibility index (Phi) is 5.00. The van der Waals surface area contributed by atoms with E-state index in [2.05, 4.69) is 29.0 Å². The van der Waals surface area contributed by atoms with Crippen LogP contribution in [0.4, 0.5) is 0 Å². The van der Waals surface area contributed by atoms with Crippen LogP contribution in [0.1, 0.15) is 52.4 Å². The molecule has 3 heteroatoms.